The summed E-state index contributed by atoms with van der Waals surface area (Å²) in [4.78, 5) is 0. The average molecular weight is 182 g/mol. The zero-order chi connectivity index (χ0) is 9.42. The Balaban J connectivity index is 2.42. The maximum absolute atomic E-state index is 13.0. The van der Waals surface area contributed by atoms with Crippen molar-refractivity contribution in [3.8, 4) is 5.75 Å². The zero-order valence-corrected chi connectivity index (χ0v) is 7.05. The van der Waals surface area contributed by atoms with Crippen LogP contribution in [-0.2, 0) is 0 Å². The minimum atomic E-state index is -0.649. The highest BCUT2D eigenvalue weighted by molar-refractivity contribution is 5.50. The summed E-state index contributed by atoms with van der Waals surface area (Å²) in [6, 6.07) is 2.78. The lowest BCUT2D eigenvalue weighted by Crippen LogP contribution is -2.35. The van der Waals surface area contributed by atoms with Gasteiger partial charge in [0, 0.05) is 23.4 Å². The predicted molar refractivity (Wildman–Crippen MR) is 47.8 cm³/mol. The van der Waals surface area contributed by atoms with Crippen molar-refractivity contribution >= 4 is 5.69 Å². The summed E-state index contributed by atoms with van der Waals surface area (Å²) in [6.45, 7) is 0.903. The Labute approximate surface area is 75.4 Å². The van der Waals surface area contributed by atoms with E-state index in [1.807, 2.05) is 0 Å². The quantitative estimate of drug-likeness (QED) is 0.451. The van der Waals surface area contributed by atoms with E-state index in [1.54, 1.807) is 6.07 Å². The molecule has 1 aliphatic rings. The zero-order valence-electron chi connectivity index (χ0n) is 7.05. The Kier molecular flexibility index (Phi) is 1.84. The van der Waals surface area contributed by atoms with Gasteiger partial charge in [-0.15, -0.1) is 0 Å². The molecule has 0 aliphatic carbocycles. The van der Waals surface area contributed by atoms with Crippen LogP contribution in [0.1, 0.15) is 18.0 Å². The molecule has 1 saturated heterocycles. The van der Waals surface area contributed by atoms with Gasteiger partial charge in [-0.05, 0) is 19.0 Å². The van der Waals surface area contributed by atoms with E-state index in [-0.39, 0.29) is 11.8 Å². The molecule has 0 amide bonds. The molecule has 1 aromatic rings. The second kappa shape index (κ2) is 2.88. The third-order valence-corrected chi connectivity index (χ3v) is 2.31. The molecule has 4 heteroatoms. The van der Waals surface area contributed by atoms with E-state index in [0.717, 1.165) is 19.0 Å². The maximum Gasteiger partial charge on any atom is 0.167 e. The highest BCUT2D eigenvalue weighted by Crippen LogP contribution is 2.33. The van der Waals surface area contributed by atoms with Crippen LogP contribution in [0, 0.1) is 5.82 Å². The molecule has 0 aromatic heterocycles. The second-order valence-electron chi connectivity index (χ2n) is 3.24. The molecule has 1 aromatic carbocycles. The first-order chi connectivity index (χ1) is 6.18. The highest BCUT2D eigenvalue weighted by Gasteiger charge is 2.23. The molecule has 4 N–H and O–H groups in total. The minimum absolute atomic E-state index is 0.0537. The van der Waals surface area contributed by atoms with Crippen molar-refractivity contribution in [2.75, 3.05) is 12.3 Å². The number of halogens is 1. The predicted octanol–water partition coefficient (Wildman–Crippen LogP) is 1.15. The van der Waals surface area contributed by atoms with E-state index >= 15 is 0 Å². The lowest BCUT2D eigenvalue weighted by atomic mass is 9.96. The van der Waals surface area contributed by atoms with Crippen LogP contribution in [0.2, 0.25) is 0 Å². The van der Waals surface area contributed by atoms with Crippen LogP contribution < -0.4 is 11.1 Å². The fourth-order valence-corrected chi connectivity index (χ4v) is 1.46. The molecule has 1 atom stereocenters. The lowest BCUT2D eigenvalue weighted by molar-refractivity contribution is 0.355. The van der Waals surface area contributed by atoms with Crippen LogP contribution in [0.4, 0.5) is 10.1 Å². The Bertz CT molecular complexity index is 337. The number of hydrogen-bond donors (Lipinski definition) is 3. The summed E-state index contributed by atoms with van der Waals surface area (Å²) in [5.74, 6) is -0.935. The highest BCUT2D eigenvalue weighted by atomic mass is 19.1. The number of anilines is 1. The molecule has 0 saturated carbocycles. The molecule has 0 radical (unpaired) electrons. The van der Waals surface area contributed by atoms with Gasteiger partial charge in [-0.3, -0.25) is 0 Å². The molecular formula is C9H11FN2O. The van der Waals surface area contributed by atoms with Gasteiger partial charge in [-0.1, -0.05) is 0 Å². The molecule has 0 bridgehead atoms. The number of nitrogens with two attached hydrogens (primary N) is 1. The molecule has 1 fully saturated rings. The summed E-state index contributed by atoms with van der Waals surface area (Å²) in [7, 11) is 0. The number of hydrogen-bond acceptors (Lipinski definition) is 3. The van der Waals surface area contributed by atoms with Gasteiger partial charge in [0.2, 0.25) is 0 Å². The van der Waals surface area contributed by atoms with E-state index in [9.17, 15) is 9.50 Å². The number of aromatic hydroxyl groups is 1. The smallest absolute Gasteiger partial charge is 0.167 e. The summed E-state index contributed by atoms with van der Waals surface area (Å²) < 4.78 is 13.0. The maximum atomic E-state index is 13.0. The van der Waals surface area contributed by atoms with E-state index in [4.69, 9.17) is 5.73 Å². The number of nitrogen functional groups attached to an aromatic ring is 1. The molecule has 0 unspecified atom stereocenters. The first kappa shape index (κ1) is 8.31. The van der Waals surface area contributed by atoms with Crippen LogP contribution in [0.25, 0.3) is 0 Å². The Morgan fingerprint density at radius 2 is 2.23 bits per heavy atom. The van der Waals surface area contributed by atoms with Crippen LogP contribution in [0.15, 0.2) is 12.1 Å². The van der Waals surface area contributed by atoms with Gasteiger partial charge in [0.05, 0.1) is 0 Å². The normalized spacial score (nSPS) is 21.2. The van der Waals surface area contributed by atoms with Crippen molar-refractivity contribution in [1.29, 1.82) is 0 Å². The van der Waals surface area contributed by atoms with Gasteiger partial charge in [0.15, 0.2) is 11.6 Å². The van der Waals surface area contributed by atoms with E-state index < -0.39 is 5.82 Å². The first-order valence-electron chi connectivity index (χ1n) is 4.20. The Hall–Kier alpha value is -1.29. The first-order valence-corrected chi connectivity index (χ1v) is 4.20. The van der Waals surface area contributed by atoms with Crippen molar-refractivity contribution in [3.05, 3.63) is 23.5 Å². The SMILES string of the molecule is Nc1cc(F)c(O)c([C@H]2CCN2)c1. The molecule has 70 valence electrons. The minimum Gasteiger partial charge on any atom is -0.505 e. The van der Waals surface area contributed by atoms with E-state index in [1.165, 1.54) is 0 Å². The van der Waals surface area contributed by atoms with Gasteiger partial charge < -0.3 is 16.2 Å². The third kappa shape index (κ3) is 1.33. The molecule has 3 nitrogen and oxygen atoms in total. The van der Waals surface area contributed by atoms with Gasteiger partial charge in [0.1, 0.15) is 0 Å². The van der Waals surface area contributed by atoms with Gasteiger partial charge in [-0.2, -0.15) is 0 Å². The topological polar surface area (TPSA) is 58.3 Å². The fraction of sp³-hybridized carbons (Fsp3) is 0.333. The number of phenols is 1. The molecule has 1 aliphatic heterocycles. The van der Waals surface area contributed by atoms with Crippen molar-refractivity contribution in [3.63, 3.8) is 0 Å². The Morgan fingerprint density at radius 3 is 2.77 bits per heavy atom. The second-order valence-corrected chi connectivity index (χ2v) is 3.24. The standard InChI is InChI=1S/C9H11FN2O/c10-7-4-5(11)3-6(9(7)13)8-1-2-12-8/h3-4,8,12-13H,1-2,11H2/t8-/m1/s1. The van der Waals surface area contributed by atoms with Crippen LogP contribution >= 0.6 is 0 Å². The monoisotopic (exact) mass is 182 g/mol. The number of phenolic OH excluding ortho intramolecular Hbond substituents is 1. The van der Waals surface area contributed by atoms with Crippen LogP contribution in [0.3, 0.4) is 0 Å². The third-order valence-electron chi connectivity index (χ3n) is 2.31. The van der Waals surface area contributed by atoms with Crippen LogP contribution in [0.5, 0.6) is 5.75 Å². The number of rotatable bonds is 1. The summed E-state index contributed by atoms with van der Waals surface area (Å²) >= 11 is 0. The summed E-state index contributed by atoms with van der Waals surface area (Å²) in [5, 5.41) is 12.5. The van der Waals surface area contributed by atoms with Crippen molar-refractivity contribution in [2.24, 2.45) is 0 Å². The molecule has 0 spiro atoms. The summed E-state index contributed by atoms with van der Waals surface area (Å²) in [5.41, 5.74) is 6.37. The number of benzene rings is 1. The van der Waals surface area contributed by atoms with Gasteiger partial charge in [-0.25, -0.2) is 4.39 Å². The molecule has 2 rings (SSSR count). The van der Waals surface area contributed by atoms with Crippen molar-refractivity contribution in [2.45, 2.75) is 12.5 Å². The van der Waals surface area contributed by atoms with E-state index in [0.29, 0.717) is 11.3 Å². The molecule has 1 heterocycles. The molecular weight excluding hydrogens is 171 g/mol. The van der Waals surface area contributed by atoms with Crippen molar-refractivity contribution < 1.29 is 9.50 Å². The van der Waals surface area contributed by atoms with Gasteiger partial charge >= 0.3 is 0 Å². The lowest BCUT2D eigenvalue weighted by Gasteiger charge is -2.28. The average Bonchev–Trinajstić information content (AvgIpc) is 1.95. The Morgan fingerprint density at radius 1 is 1.54 bits per heavy atom. The largest absolute Gasteiger partial charge is 0.505 e. The number of nitrogens with one attached hydrogen (secondary N) is 1. The van der Waals surface area contributed by atoms with E-state index in [2.05, 4.69) is 5.32 Å². The van der Waals surface area contributed by atoms with Gasteiger partial charge in [0.25, 0.3) is 0 Å². The van der Waals surface area contributed by atoms with Crippen LogP contribution in [-0.4, -0.2) is 11.7 Å². The summed E-state index contributed by atoms with van der Waals surface area (Å²) in [6.07, 6.45) is 0.913. The molecule has 13 heavy (non-hydrogen) atoms. The fourth-order valence-electron chi connectivity index (χ4n) is 1.46. The van der Waals surface area contributed by atoms with Crippen molar-refractivity contribution in [1.82, 2.24) is 5.32 Å².